The minimum absolute atomic E-state index is 0.169. The zero-order valence-corrected chi connectivity index (χ0v) is 20.7. The van der Waals surface area contributed by atoms with Crippen LogP contribution in [0.5, 0.6) is 5.75 Å². The summed E-state index contributed by atoms with van der Waals surface area (Å²) in [4.78, 5) is 27.4. The standard InChI is InChI=1S/C24H33N3O5S/c1-6-25-24(29)19(4)26(16-20-14-12-18(3)13-15-20)23(28)17-27(33(5,30)31)21-10-8-9-11-22(21)32-7-2/h8-15,19H,6-7,16-17H2,1-5H3,(H,25,29)/t19-/m1/s1. The quantitative estimate of drug-likeness (QED) is 0.539. The maximum absolute atomic E-state index is 13.5. The van der Waals surface area contributed by atoms with Crippen LogP contribution in [0.3, 0.4) is 0 Å². The van der Waals surface area contributed by atoms with E-state index in [9.17, 15) is 18.0 Å². The average molecular weight is 476 g/mol. The van der Waals surface area contributed by atoms with E-state index in [2.05, 4.69) is 5.32 Å². The molecule has 2 aromatic carbocycles. The summed E-state index contributed by atoms with van der Waals surface area (Å²) in [5.41, 5.74) is 2.19. The smallest absolute Gasteiger partial charge is 0.244 e. The Morgan fingerprint density at radius 2 is 1.70 bits per heavy atom. The van der Waals surface area contributed by atoms with Gasteiger partial charge in [0.2, 0.25) is 21.8 Å². The first kappa shape index (κ1) is 26.2. The van der Waals surface area contributed by atoms with Gasteiger partial charge in [0.1, 0.15) is 18.3 Å². The number of anilines is 1. The van der Waals surface area contributed by atoms with Gasteiger partial charge in [-0.15, -0.1) is 0 Å². The highest BCUT2D eigenvalue weighted by Crippen LogP contribution is 2.30. The molecule has 0 aliphatic heterocycles. The van der Waals surface area contributed by atoms with Gasteiger partial charge in [0.15, 0.2) is 0 Å². The summed E-state index contributed by atoms with van der Waals surface area (Å²) in [5.74, 6) is -0.440. The molecule has 2 aromatic rings. The molecule has 180 valence electrons. The first-order valence-corrected chi connectivity index (χ1v) is 12.8. The lowest BCUT2D eigenvalue weighted by Crippen LogP contribution is -2.51. The van der Waals surface area contributed by atoms with Gasteiger partial charge in [0.05, 0.1) is 18.6 Å². The van der Waals surface area contributed by atoms with Crippen LogP contribution in [0.4, 0.5) is 5.69 Å². The van der Waals surface area contributed by atoms with Crippen molar-refractivity contribution in [2.75, 3.05) is 30.3 Å². The molecule has 0 saturated heterocycles. The molecule has 0 aliphatic carbocycles. The summed E-state index contributed by atoms with van der Waals surface area (Å²) in [7, 11) is -3.82. The fraction of sp³-hybridized carbons (Fsp3) is 0.417. The van der Waals surface area contributed by atoms with Gasteiger partial charge in [-0.2, -0.15) is 0 Å². The molecule has 0 radical (unpaired) electrons. The highest BCUT2D eigenvalue weighted by atomic mass is 32.2. The van der Waals surface area contributed by atoms with Crippen LogP contribution in [0.25, 0.3) is 0 Å². The highest BCUT2D eigenvalue weighted by Gasteiger charge is 2.30. The number of carbonyl (C=O) groups is 2. The molecule has 8 nitrogen and oxygen atoms in total. The van der Waals surface area contributed by atoms with Crippen LogP contribution in [0.1, 0.15) is 31.9 Å². The molecule has 0 saturated carbocycles. The van der Waals surface area contributed by atoms with Crippen LogP contribution in [0.2, 0.25) is 0 Å². The van der Waals surface area contributed by atoms with Gasteiger partial charge in [-0.1, -0.05) is 42.0 Å². The third kappa shape index (κ3) is 7.21. The van der Waals surface area contributed by atoms with Crippen molar-refractivity contribution in [3.8, 4) is 5.75 Å². The third-order valence-corrected chi connectivity index (χ3v) is 6.23. The second-order valence-corrected chi connectivity index (χ2v) is 9.65. The van der Waals surface area contributed by atoms with Gasteiger partial charge in [-0.3, -0.25) is 13.9 Å². The van der Waals surface area contributed by atoms with Gasteiger partial charge < -0.3 is 15.0 Å². The topological polar surface area (TPSA) is 96.0 Å². The summed E-state index contributed by atoms with van der Waals surface area (Å²) < 4.78 is 31.9. The number of nitrogens with one attached hydrogen (secondary N) is 1. The van der Waals surface area contributed by atoms with E-state index in [1.165, 1.54) is 4.90 Å². The van der Waals surface area contributed by atoms with Gasteiger partial charge in [0.25, 0.3) is 0 Å². The molecular weight excluding hydrogens is 442 g/mol. The summed E-state index contributed by atoms with van der Waals surface area (Å²) in [6, 6.07) is 13.5. The summed E-state index contributed by atoms with van der Waals surface area (Å²) in [6.07, 6.45) is 1.04. The minimum Gasteiger partial charge on any atom is -0.492 e. The Balaban J connectivity index is 2.41. The molecule has 0 aliphatic rings. The Kier molecular flexibility index (Phi) is 9.28. The van der Waals surface area contributed by atoms with Crippen molar-refractivity contribution < 1.29 is 22.7 Å². The Hall–Kier alpha value is -3.07. The lowest BCUT2D eigenvalue weighted by molar-refractivity contribution is -0.139. The van der Waals surface area contributed by atoms with Crippen LogP contribution in [-0.2, 0) is 26.2 Å². The molecule has 0 unspecified atom stereocenters. The number of ether oxygens (including phenoxy) is 1. The van der Waals surface area contributed by atoms with Crippen molar-refractivity contribution >= 4 is 27.5 Å². The van der Waals surface area contributed by atoms with Gasteiger partial charge >= 0.3 is 0 Å². The van der Waals surface area contributed by atoms with Crippen molar-refractivity contribution in [2.45, 2.75) is 40.3 Å². The average Bonchev–Trinajstić information content (AvgIpc) is 2.76. The number of para-hydroxylation sites is 2. The number of hydrogen-bond acceptors (Lipinski definition) is 5. The molecule has 9 heteroatoms. The number of aryl methyl sites for hydroxylation is 1. The Morgan fingerprint density at radius 1 is 1.06 bits per heavy atom. The molecule has 1 N–H and O–H groups in total. The van der Waals surface area contributed by atoms with Crippen LogP contribution >= 0.6 is 0 Å². The second kappa shape index (κ2) is 11.7. The number of hydrogen-bond donors (Lipinski definition) is 1. The maximum atomic E-state index is 13.5. The Labute approximate surface area is 196 Å². The van der Waals surface area contributed by atoms with Gasteiger partial charge in [-0.05, 0) is 45.4 Å². The lowest BCUT2D eigenvalue weighted by Gasteiger charge is -2.31. The molecule has 2 amide bonds. The predicted octanol–water partition coefficient (Wildman–Crippen LogP) is 2.71. The summed E-state index contributed by atoms with van der Waals surface area (Å²) in [6.45, 7) is 7.67. The van der Waals surface area contributed by atoms with Crippen molar-refractivity contribution in [3.05, 3.63) is 59.7 Å². The van der Waals surface area contributed by atoms with Crippen LogP contribution in [0, 0.1) is 6.92 Å². The van der Waals surface area contributed by atoms with E-state index in [-0.39, 0.29) is 18.1 Å². The zero-order valence-electron chi connectivity index (χ0n) is 19.9. The summed E-state index contributed by atoms with van der Waals surface area (Å²) in [5, 5.41) is 2.73. The van der Waals surface area contributed by atoms with E-state index in [1.807, 2.05) is 31.2 Å². The highest BCUT2D eigenvalue weighted by molar-refractivity contribution is 7.92. The molecule has 33 heavy (non-hydrogen) atoms. The van der Waals surface area contributed by atoms with Crippen LogP contribution < -0.4 is 14.4 Å². The van der Waals surface area contributed by atoms with Crippen molar-refractivity contribution in [1.29, 1.82) is 0 Å². The lowest BCUT2D eigenvalue weighted by atomic mass is 10.1. The first-order valence-electron chi connectivity index (χ1n) is 10.9. The normalized spacial score (nSPS) is 12.0. The van der Waals surface area contributed by atoms with E-state index in [1.54, 1.807) is 45.0 Å². The van der Waals surface area contributed by atoms with Crippen molar-refractivity contribution in [1.82, 2.24) is 10.2 Å². The van der Waals surface area contributed by atoms with Crippen LogP contribution in [0.15, 0.2) is 48.5 Å². The number of benzene rings is 2. The minimum atomic E-state index is -3.82. The first-order chi connectivity index (χ1) is 15.6. The van der Waals surface area contributed by atoms with E-state index in [4.69, 9.17) is 4.74 Å². The monoisotopic (exact) mass is 475 g/mol. The zero-order chi connectivity index (χ0) is 24.6. The van der Waals surface area contributed by atoms with Gasteiger partial charge in [0, 0.05) is 13.1 Å². The van der Waals surface area contributed by atoms with E-state index in [0.29, 0.717) is 18.9 Å². The molecular formula is C24H33N3O5S. The fourth-order valence-electron chi connectivity index (χ4n) is 3.33. The van der Waals surface area contributed by atoms with E-state index >= 15 is 0 Å². The number of rotatable bonds is 11. The van der Waals surface area contributed by atoms with Crippen LogP contribution in [-0.4, -0.2) is 57.1 Å². The number of amides is 2. The predicted molar refractivity (Wildman–Crippen MR) is 130 cm³/mol. The largest absolute Gasteiger partial charge is 0.492 e. The second-order valence-electron chi connectivity index (χ2n) is 7.75. The number of nitrogens with zero attached hydrogens (tertiary/aromatic N) is 2. The number of carbonyl (C=O) groups excluding carboxylic acids is 2. The Bertz CT molecular complexity index is 1050. The molecule has 0 bridgehead atoms. The molecule has 1 atom stereocenters. The molecule has 0 fully saturated rings. The third-order valence-electron chi connectivity index (χ3n) is 5.10. The van der Waals surface area contributed by atoms with E-state index in [0.717, 1.165) is 21.7 Å². The van der Waals surface area contributed by atoms with Crippen molar-refractivity contribution in [2.24, 2.45) is 0 Å². The van der Waals surface area contributed by atoms with Crippen molar-refractivity contribution in [3.63, 3.8) is 0 Å². The molecule has 0 aromatic heterocycles. The Morgan fingerprint density at radius 3 is 2.27 bits per heavy atom. The summed E-state index contributed by atoms with van der Waals surface area (Å²) >= 11 is 0. The van der Waals surface area contributed by atoms with E-state index < -0.39 is 28.5 Å². The number of likely N-dealkylation sites (N-methyl/N-ethyl adjacent to an activating group) is 1. The SMILES string of the molecule is CCNC(=O)[C@@H](C)N(Cc1ccc(C)cc1)C(=O)CN(c1ccccc1OCC)S(C)(=O)=O. The molecule has 0 spiro atoms. The maximum Gasteiger partial charge on any atom is 0.244 e. The fourth-order valence-corrected chi connectivity index (χ4v) is 4.18. The molecule has 2 rings (SSSR count). The van der Waals surface area contributed by atoms with Gasteiger partial charge in [-0.25, -0.2) is 8.42 Å². The number of sulfonamides is 1. The molecule has 0 heterocycles.